The molecule has 1 fully saturated rings. The first kappa shape index (κ1) is 21.3. The van der Waals surface area contributed by atoms with Crippen molar-refractivity contribution in [3.63, 3.8) is 0 Å². The molecule has 3 N–H and O–H groups in total. The summed E-state index contributed by atoms with van der Waals surface area (Å²) in [6.07, 6.45) is 3.03. The van der Waals surface area contributed by atoms with Crippen LogP contribution in [0.25, 0.3) is 0 Å². The first-order chi connectivity index (χ1) is 10.9. The highest BCUT2D eigenvalue weighted by molar-refractivity contribution is 7.90. The van der Waals surface area contributed by atoms with Crippen molar-refractivity contribution in [2.45, 2.75) is 35.5 Å². The van der Waals surface area contributed by atoms with E-state index in [0.29, 0.717) is 26.1 Å². The summed E-state index contributed by atoms with van der Waals surface area (Å²) < 4.78 is 53.4. The fourth-order valence-electron chi connectivity index (χ4n) is 2.44. The number of unbranched alkanes of at least 4 members (excludes halogenated alkanes) is 1. The van der Waals surface area contributed by atoms with Gasteiger partial charge in [0.1, 0.15) is 0 Å². The van der Waals surface area contributed by atoms with E-state index in [1.807, 2.05) is 0 Å². The Balaban J connectivity index is 0.00000288. The van der Waals surface area contributed by atoms with Crippen LogP contribution >= 0.6 is 12.4 Å². The molecular formula is C14H24ClN3O4S2. The van der Waals surface area contributed by atoms with Crippen molar-refractivity contribution in [1.29, 1.82) is 0 Å². The maximum atomic E-state index is 12.5. The number of nitrogens with zero attached hydrogens (tertiary/aromatic N) is 1. The van der Waals surface area contributed by atoms with Gasteiger partial charge < -0.3 is 5.73 Å². The topological polar surface area (TPSA) is 110 Å². The Morgan fingerprint density at radius 1 is 1.04 bits per heavy atom. The van der Waals surface area contributed by atoms with Gasteiger partial charge in [-0.15, -0.1) is 12.4 Å². The van der Waals surface area contributed by atoms with Crippen molar-refractivity contribution in [2.75, 3.05) is 26.2 Å². The van der Waals surface area contributed by atoms with Gasteiger partial charge in [-0.3, -0.25) is 0 Å². The van der Waals surface area contributed by atoms with Gasteiger partial charge in [0.15, 0.2) is 0 Å². The smallest absolute Gasteiger partial charge is 0.243 e. The van der Waals surface area contributed by atoms with Crippen LogP contribution in [0.1, 0.15) is 25.7 Å². The van der Waals surface area contributed by atoms with Crippen LogP contribution < -0.4 is 10.5 Å². The summed E-state index contributed by atoms with van der Waals surface area (Å²) >= 11 is 0. The van der Waals surface area contributed by atoms with Crippen molar-refractivity contribution in [3.8, 4) is 0 Å². The van der Waals surface area contributed by atoms with E-state index in [4.69, 9.17) is 5.73 Å². The summed E-state index contributed by atoms with van der Waals surface area (Å²) in [6, 6.07) is 5.51. The minimum Gasteiger partial charge on any atom is -0.330 e. The molecule has 1 heterocycles. The molecule has 0 bridgehead atoms. The van der Waals surface area contributed by atoms with Crippen molar-refractivity contribution in [1.82, 2.24) is 9.03 Å². The number of benzene rings is 1. The lowest BCUT2D eigenvalue weighted by Gasteiger charge is -2.16. The van der Waals surface area contributed by atoms with Crippen LogP contribution in [0.5, 0.6) is 0 Å². The summed E-state index contributed by atoms with van der Waals surface area (Å²) in [5, 5.41) is 0. The molecule has 1 aromatic rings. The van der Waals surface area contributed by atoms with Gasteiger partial charge in [0.2, 0.25) is 20.0 Å². The molecule has 0 radical (unpaired) electrons. The van der Waals surface area contributed by atoms with Crippen molar-refractivity contribution in [2.24, 2.45) is 5.73 Å². The second-order valence-corrected chi connectivity index (χ2v) is 9.18. The van der Waals surface area contributed by atoms with Crippen LogP contribution in [0.2, 0.25) is 0 Å². The van der Waals surface area contributed by atoms with Crippen molar-refractivity contribution >= 4 is 32.5 Å². The van der Waals surface area contributed by atoms with E-state index in [2.05, 4.69) is 4.72 Å². The molecule has 7 nitrogen and oxygen atoms in total. The van der Waals surface area contributed by atoms with Crippen LogP contribution in [0, 0.1) is 0 Å². The van der Waals surface area contributed by atoms with Crippen molar-refractivity contribution < 1.29 is 16.8 Å². The standard InChI is InChI=1S/C14H23N3O4S2.ClH/c15-8-1-2-9-16-22(18,19)13-6-5-7-14(12-13)23(20,21)17-10-3-4-11-17;/h5-7,12,16H,1-4,8-11,15H2;1H. The number of hydrogen-bond donors (Lipinski definition) is 2. The monoisotopic (exact) mass is 397 g/mol. The zero-order chi connectivity index (χ0) is 16.9. The lowest BCUT2D eigenvalue weighted by molar-refractivity contribution is 0.477. The maximum Gasteiger partial charge on any atom is 0.243 e. The summed E-state index contributed by atoms with van der Waals surface area (Å²) in [5.41, 5.74) is 5.37. The van der Waals surface area contributed by atoms with Gasteiger partial charge in [-0.2, -0.15) is 4.31 Å². The van der Waals surface area contributed by atoms with Gasteiger partial charge in [-0.1, -0.05) is 6.07 Å². The fourth-order valence-corrected chi connectivity index (χ4v) is 5.20. The van der Waals surface area contributed by atoms with Gasteiger partial charge >= 0.3 is 0 Å². The molecule has 0 aromatic heterocycles. The summed E-state index contributed by atoms with van der Waals surface area (Å²) in [5.74, 6) is 0. The van der Waals surface area contributed by atoms with Gasteiger partial charge in [-0.25, -0.2) is 21.6 Å². The number of nitrogens with one attached hydrogen (secondary N) is 1. The third-order valence-electron chi connectivity index (χ3n) is 3.74. The molecule has 1 aliphatic rings. The first-order valence-corrected chi connectivity index (χ1v) is 10.6. The van der Waals surface area contributed by atoms with Gasteiger partial charge in [0.25, 0.3) is 0 Å². The molecule has 10 heteroatoms. The maximum absolute atomic E-state index is 12.5. The minimum atomic E-state index is -3.72. The molecule has 0 aliphatic carbocycles. The van der Waals surface area contributed by atoms with Crippen LogP contribution in [0.4, 0.5) is 0 Å². The van der Waals surface area contributed by atoms with Crippen LogP contribution in [0.3, 0.4) is 0 Å². The SMILES string of the molecule is Cl.NCCCCNS(=O)(=O)c1cccc(S(=O)(=O)N2CCCC2)c1. The van der Waals surface area contributed by atoms with Crippen LogP contribution in [0.15, 0.2) is 34.1 Å². The molecule has 1 aliphatic heterocycles. The van der Waals surface area contributed by atoms with E-state index >= 15 is 0 Å². The Morgan fingerprint density at radius 2 is 1.67 bits per heavy atom. The predicted molar refractivity (Wildman–Crippen MR) is 95.2 cm³/mol. The molecule has 24 heavy (non-hydrogen) atoms. The van der Waals surface area contributed by atoms with E-state index in [0.717, 1.165) is 19.3 Å². The van der Waals surface area contributed by atoms with E-state index in [1.165, 1.54) is 28.6 Å². The Labute approximate surface area is 150 Å². The number of hydrogen-bond acceptors (Lipinski definition) is 5. The Bertz CT molecular complexity index is 732. The number of rotatable bonds is 8. The molecule has 0 amide bonds. The average Bonchev–Trinajstić information content (AvgIpc) is 3.07. The van der Waals surface area contributed by atoms with E-state index in [9.17, 15) is 16.8 Å². The lowest BCUT2D eigenvalue weighted by Crippen LogP contribution is -2.29. The first-order valence-electron chi connectivity index (χ1n) is 7.68. The fraction of sp³-hybridized carbons (Fsp3) is 0.571. The van der Waals surface area contributed by atoms with E-state index in [-0.39, 0.29) is 28.7 Å². The Kier molecular flexibility index (Phi) is 8.10. The molecule has 1 aromatic carbocycles. The molecule has 2 rings (SSSR count). The molecule has 0 saturated carbocycles. The predicted octanol–water partition coefficient (Wildman–Crippen LogP) is 0.910. The summed E-state index contributed by atoms with van der Waals surface area (Å²) in [4.78, 5) is -0.0187. The van der Waals surface area contributed by atoms with Crippen LogP contribution in [-0.2, 0) is 20.0 Å². The molecule has 138 valence electrons. The zero-order valence-electron chi connectivity index (χ0n) is 13.3. The molecular weight excluding hydrogens is 374 g/mol. The summed E-state index contributed by atoms with van der Waals surface area (Å²) in [6.45, 7) is 1.75. The molecule has 0 atom stereocenters. The van der Waals surface area contributed by atoms with Crippen LogP contribution in [-0.4, -0.2) is 47.3 Å². The van der Waals surface area contributed by atoms with Gasteiger partial charge in [0, 0.05) is 19.6 Å². The highest BCUT2D eigenvalue weighted by Gasteiger charge is 2.28. The third kappa shape index (κ3) is 5.14. The van der Waals surface area contributed by atoms with E-state index < -0.39 is 20.0 Å². The average molecular weight is 398 g/mol. The number of sulfonamides is 2. The number of halogens is 1. The van der Waals surface area contributed by atoms with E-state index in [1.54, 1.807) is 0 Å². The number of nitrogens with two attached hydrogens (primary N) is 1. The molecule has 0 unspecified atom stereocenters. The second-order valence-electron chi connectivity index (χ2n) is 5.48. The zero-order valence-corrected chi connectivity index (χ0v) is 15.8. The Hall–Kier alpha value is -0.710. The lowest BCUT2D eigenvalue weighted by atomic mass is 10.3. The van der Waals surface area contributed by atoms with Gasteiger partial charge in [0.05, 0.1) is 9.79 Å². The molecule has 1 saturated heterocycles. The summed E-state index contributed by atoms with van der Waals surface area (Å²) in [7, 11) is -7.35. The highest BCUT2D eigenvalue weighted by atomic mass is 35.5. The second kappa shape index (κ2) is 9.12. The van der Waals surface area contributed by atoms with Gasteiger partial charge in [-0.05, 0) is 50.4 Å². The van der Waals surface area contributed by atoms with Crippen molar-refractivity contribution in [3.05, 3.63) is 24.3 Å². The molecule has 0 spiro atoms. The highest BCUT2D eigenvalue weighted by Crippen LogP contribution is 2.22. The Morgan fingerprint density at radius 3 is 2.29 bits per heavy atom. The minimum absolute atomic E-state index is 0. The largest absolute Gasteiger partial charge is 0.330 e. The quantitative estimate of drug-likeness (QED) is 0.633. The normalized spacial score (nSPS) is 16.0. The third-order valence-corrected chi connectivity index (χ3v) is 7.09.